The average molecular weight is 394 g/mol. The molecular formula is C18H22N2O6S. The number of nitrogens with one attached hydrogen (secondary N) is 1. The maximum atomic E-state index is 12.6. The van der Waals surface area contributed by atoms with Crippen molar-refractivity contribution < 1.29 is 27.4 Å². The monoisotopic (exact) mass is 394 g/mol. The van der Waals surface area contributed by atoms with Crippen molar-refractivity contribution in [3.63, 3.8) is 0 Å². The predicted molar refractivity (Wildman–Crippen MR) is 101 cm³/mol. The van der Waals surface area contributed by atoms with Crippen molar-refractivity contribution in [2.24, 2.45) is 0 Å². The first-order valence-corrected chi connectivity index (χ1v) is 9.32. The lowest BCUT2D eigenvalue weighted by molar-refractivity contribution is 0.102. The Morgan fingerprint density at radius 1 is 0.889 bits per heavy atom. The van der Waals surface area contributed by atoms with E-state index >= 15 is 0 Å². The van der Waals surface area contributed by atoms with Gasteiger partial charge in [0.25, 0.3) is 5.91 Å². The summed E-state index contributed by atoms with van der Waals surface area (Å²) in [5.41, 5.74) is 0.552. The van der Waals surface area contributed by atoms with Crippen LogP contribution in [-0.2, 0) is 10.0 Å². The number of hydrogen-bond acceptors (Lipinski definition) is 6. The van der Waals surface area contributed by atoms with E-state index in [2.05, 4.69) is 5.32 Å². The van der Waals surface area contributed by atoms with Gasteiger partial charge in [-0.3, -0.25) is 4.79 Å². The highest BCUT2D eigenvalue weighted by molar-refractivity contribution is 7.89. The van der Waals surface area contributed by atoms with Gasteiger partial charge in [-0.05, 0) is 36.4 Å². The van der Waals surface area contributed by atoms with Crippen LogP contribution in [0.1, 0.15) is 10.4 Å². The van der Waals surface area contributed by atoms with Gasteiger partial charge in [-0.1, -0.05) is 0 Å². The van der Waals surface area contributed by atoms with Gasteiger partial charge in [0.1, 0.15) is 5.75 Å². The van der Waals surface area contributed by atoms with Crippen LogP contribution in [0.5, 0.6) is 17.2 Å². The number of carbonyl (C=O) groups excluding carboxylic acids is 1. The van der Waals surface area contributed by atoms with Gasteiger partial charge < -0.3 is 19.5 Å². The number of amides is 1. The topological polar surface area (TPSA) is 94.2 Å². The molecule has 0 aliphatic heterocycles. The molecule has 0 radical (unpaired) electrons. The Morgan fingerprint density at radius 2 is 1.48 bits per heavy atom. The second-order valence-electron chi connectivity index (χ2n) is 5.67. The first-order valence-electron chi connectivity index (χ1n) is 7.88. The van der Waals surface area contributed by atoms with Gasteiger partial charge in [0.2, 0.25) is 10.0 Å². The summed E-state index contributed by atoms with van der Waals surface area (Å²) in [5.74, 6) is 0.780. The van der Waals surface area contributed by atoms with Crippen LogP contribution >= 0.6 is 0 Å². The van der Waals surface area contributed by atoms with E-state index in [0.29, 0.717) is 22.8 Å². The SMILES string of the molecule is COc1ccc(S(=O)(=O)N(C)C)cc1NC(=O)c1ccc(OC)c(OC)c1. The van der Waals surface area contributed by atoms with Crippen LogP contribution in [-0.4, -0.2) is 54.1 Å². The maximum absolute atomic E-state index is 12.6. The Hall–Kier alpha value is -2.78. The zero-order valence-corrected chi connectivity index (χ0v) is 16.6. The molecular weight excluding hydrogens is 372 g/mol. The van der Waals surface area contributed by atoms with Crippen molar-refractivity contribution in [3.05, 3.63) is 42.0 Å². The molecule has 1 N–H and O–H groups in total. The molecule has 2 aromatic carbocycles. The van der Waals surface area contributed by atoms with Crippen molar-refractivity contribution in [2.45, 2.75) is 4.90 Å². The maximum Gasteiger partial charge on any atom is 0.255 e. The molecule has 8 nitrogen and oxygen atoms in total. The van der Waals surface area contributed by atoms with Crippen molar-refractivity contribution >= 4 is 21.6 Å². The molecule has 0 aromatic heterocycles. The largest absolute Gasteiger partial charge is 0.495 e. The Morgan fingerprint density at radius 3 is 2.04 bits per heavy atom. The summed E-state index contributed by atoms with van der Waals surface area (Å²) in [4.78, 5) is 12.7. The summed E-state index contributed by atoms with van der Waals surface area (Å²) in [6.45, 7) is 0. The van der Waals surface area contributed by atoms with Crippen LogP contribution in [0.4, 0.5) is 5.69 Å². The number of methoxy groups -OCH3 is 3. The van der Waals surface area contributed by atoms with Crippen molar-refractivity contribution in [2.75, 3.05) is 40.7 Å². The van der Waals surface area contributed by atoms with E-state index in [0.717, 1.165) is 4.31 Å². The average Bonchev–Trinajstić information content (AvgIpc) is 2.66. The highest BCUT2D eigenvalue weighted by Gasteiger charge is 2.20. The van der Waals surface area contributed by atoms with Crippen LogP contribution in [0.25, 0.3) is 0 Å². The quantitative estimate of drug-likeness (QED) is 0.774. The normalized spacial score (nSPS) is 11.2. The lowest BCUT2D eigenvalue weighted by Crippen LogP contribution is -2.22. The standard InChI is InChI=1S/C18H22N2O6S/c1-20(2)27(22,23)13-7-9-15(24-3)14(11-13)19-18(21)12-6-8-16(25-4)17(10-12)26-5/h6-11H,1-5H3,(H,19,21). The fourth-order valence-corrected chi connectivity index (χ4v) is 3.26. The third kappa shape index (κ3) is 4.32. The molecule has 27 heavy (non-hydrogen) atoms. The predicted octanol–water partition coefficient (Wildman–Crippen LogP) is 2.21. The van der Waals surface area contributed by atoms with E-state index in [1.807, 2.05) is 0 Å². The molecule has 0 fully saturated rings. The Balaban J connectivity index is 2.40. The van der Waals surface area contributed by atoms with Gasteiger partial charge in [-0.2, -0.15) is 0 Å². The van der Waals surface area contributed by atoms with E-state index in [9.17, 15) is 13.2 Å². The lowest BCUT2D eigenvalue weighted by Gasteiger charge is -2.15. The number of carbonyl (C=O) groups is 1. The van der Waals surface area contributed by atoms with Crippen molar-refractivity contribution in [1.29, 1.82) is 0 Å². The van der Waals surface area contributed by atoms with Crippen LogP contribution in [0.2, 0.25) is 0 Å². The molecule has 0 saturated heterocycles. The molecule has 0 atom stereocenters. The summed E-state index contributed by atoms with van der Waals surface area (Å²) in [5, 5.41) is 2.67. The number of sulfonamides is 1. The number of anilines is 1. The van der Waals surface area contributed by atoms with E-state index in [1.54, 1.807) is 12.1 Å². The molecule has 2 rings (SSSR count). The van der Waals surface area contributed by atoms with Gasteiger partial charge in [-0.15, -0.1) is 0 Å². The zero-order chi connectivity index (χ0) is 20.2. The summed E-state index contributed by atoms with van der Waals surface area (Å²) in [6, 6.07) is 8.97. The van der Waals surface area contributed by atoms with Gasteiger partial charge in [0.15, 0.2) is 11.5 Å². The molecule has 9 heteroatoms. The van der Waals surface area contributed by atoms with E-state index in [4.69, 9.17) is 14.2 Å². The van der Waals surface area contributed by atoms with Crippen LogP contribution < -0.4 is 19.5 Å². The molecule has 0 unspecified atom stereocenters. The number of benzene rings is 2. The smallest absolute Gasteiger partial charge is 0.255 e. The second kappa shape index (κ2) is 8.28. The van der Waals surface area contributed by atoms with E-state index in [1.165, 1.54) is 59.7 Å². The third-order valence-corrected chi connectivity index (χ3v) is 5.65. The molecule has 2 aromatic rings. The van der Waals surface area contributed by atoms with Crippen LogP contribution in [0, 0.1) is 0 Å². The Kier molecular flexibility index (Phi) is 6.29. The molecule has 0 heterocycles. The summed E-state index contributed by atoms with van der Waals surface area (Å²) in [7, 11) is 3.61. The van der Waals surface area contributed by atoms with Crippen molar-refractivity contribution in [3.8, 4) is 17.2 Å². The molecule has 146 valence electrons. The first-order chi connectivity index (χ1) is 12.7. The Bertz CT molecular complexity index is 941. The summed E-state index contributed by atoms with van der Waals surface area (Å²) in [6.07, 6.45) is 0. The van der Waals surface area contributed by atoms with Crippen molar-refractivity contribution in [1.82, 2.24) is 4.31 Å². The number of rotatable bonds is 7. The lowest BCUT2D eigenvalue weighted by atomic mass is 10.1. The van der Waals surface area contributed by atoms with E-state index < -0.39 is 15.9 Å². The van der Waals surface area contributed by atoms with E-state index in [-0.39, 0.29) is 10.6 Å². The minimum absolute atomic E-state index is 0.0379. The number of hydrogen-bond donors (Lipinski definition) is 1. The van der Waals surface area contributed by atoms with Crippen LogP contribution in [0.3, 0.4) is 0 Å². The fraction of sp³-hybridized carbons (Fsp3) is 0.278. The highest BCUT2D eigenvalue weighted by Crippen LogP contribution is 2.31. The zero-order valence-electron chi connectivity index (χ0n) is 15.8. The van der Waals surface area contributed by atoms with Gasteiger partial charge in [-0.25, -0.2) is 12.7 Å². The van der Waals surface area contributed by atoms with Gasteiger partial charge in [0, 0.05) is 19.7 Å². The molecule has 0 spiro atoms. The second-order valence-corrected chi connectivity index (χ2v) is 7.83. The summed E-state index contributed by atoms with van der Waals surface area (Å²) < 4.78 is 41.3. The third-order valence-electron chi connectivity index (χ3n) is 3.84. The molecule has 0 bridgehead atoms. The Labute approximate surface area is 158 Å². The van der Waals surface area contributed by atoms with Crippen LogP contribution in [0.15, 0.2) is 41.3 Å². The minimum Gasteiger partial charge on any atom is -0.495 e. The fourth-order valence-electron chi connectivity index (χ4n) is 2.33. The highest BCUT2D eigenvalue weighted by atomic mass is 32.2. The first kappa shape index (κ1) is 20.5. The molecule has 0 aliphatic carbocycles. The van der Waals surface area contributed by atoms with Gasteiger partial charge >= 0.3 is 0 Å². The van der Waals surface area contributed by atoms with Gasteiger partial charge in [0.05, 0.1) is 31.9 Å². The molecule has 0 saturated carbocycles. The summed E-state index contributed by atoms with van der Waals surface area (Å²) >= 11 is 0. The molecule has 0 aliphatic rings. The number of ether oxygens (including phenoxy) is 3. The molecule has 1 amide bonds. The minimum atomic E-state index is -3.65. The number of nitrogens with zero attached hydrogens (tertiary/aromatic N) is 1.